The molecule has 2 heteroatoms. The van der Waals surface area contributed by atoms with Gasteiger partial charge >= 0.3 is 0 Å². The van der Waals surface area contributed by atoms with Crippen molar-refractivity contribution in [2.45, 2.75) is 52.4 Å². The van der Waals surface area contributed by atoms with Gasteiger partial charge in [0.05, 0.1) is 0 Å². The molecule has 0 aromatic carbocycles. The third kappa shape index (κ3) is 5.31. The smallest absolute Gasteiger partial charge is 0.00417 e. The molecule has 2 nitrogen and oxygen atoms in total. The summed E-state index contributed by atoms with van der Waals surface area (Å²) >= 11 is 0. The van der Waals surface area contributed by atoms with E-state index in [0.717, 1.165) is 19.0 Å². The number of hydrogen-bond acceptors (Lipinski definition) is 2. The van der Waals surface area contributed by atoms with E-state index in [1.165, 1.54) is 45.1 Å². The molecule has 0 spiro atoms. The van der Waals surface area contributed by atoms with Crippen molar-refractivity contribution in [2.75, 3.05) is 26.7 Å². The Morgan fingerprint density at radius 1 is 1.19 bits per heavy atom. The molecule has 0 bridgehead atoms. The van der Waals surface area contributed by atoms with Gasteiger partial charge in [-0.1, -0.05) is 46.0 Å². The number of nitrogens with two attached hydrogens (primary N) is 1. The summed E-state index contributed by atoms with van der Waals surface area (Å²) in [4.78, 5) is 2.46. The minimum absolute atomic E-state index is 0.265. The molecule has 1 fully saturated rings. The Labute approximate surface area is 102 Å². The van der Waals surface area contributed by atoms with E-state index >= 15 is 0 Å². The topological polar surface area (TPSA) is 29.3 Å². The molecular formula is C14H30N2. The average molecular weight is 226 g/mol. The lowest BCUT2D eigenvalue weighted by Crippen LogP contribution is -2.37. The quantitative estimate of drug-likeness (QED) is 0.754. The van der Waals surface area contributed by atoms with Crippen LogP contribution >= 0.6 is 0 Å². The first-order valence-corrected chi connectivity index (χ1v) is 6.92. The Morgan fingerprint density at radius 2 is 1.81 bits per heavy atom. The van der Waals surface area contributed by atoms with Crippen LogP contribution in [0.1, 0.15) is 52.4 Å². The maximum Gasteiger partial charge on any atom is 0.00417 e. The van der Waals surface area contributed by atoms with E-state index in [4.69, 9.17) is 5.73 Å². The Hall–Kier alpha value is -0.0800. The van der Waals surface area contributed by atoms with Crippen molar-refractivity contribution in [1.82, 2.24) is 4.90 Å². The van der Waals surface area contributed by atoms with E-state index in [9.17, 15) is 0 Å². The standard InChI is InChI=1S/C14H30N2/c1-14(2,11-15)12-16(3)10-9-13-7-5-4-6-8-13/h13H,4-12,15H2,1-3H3. The molecular weight excluding hydrogens is 196 g/mol. The molecule has 0 saturated heterocycles. The Kier molecular flexibility index (Phi) is 5.77. The number of rotatable bonds is 6. The molecule has 16 heavy (non-hydrogen) atoms. The fraction of sp³-hybridized carbons (Fsp3) is 1.00. The molecule has 0 atom stereocenters. The summed E-state index contributed by atoms with van der Waals surface area (Å²) in [6.45, 7) is 7.65. The molecule has 0 unspecified atom stereocenters. The molecule has 0 aliphatic heterocycles. The third-order valence-corrected chi connectivity index (χ3v) is 3.89. The maximum atomic E-state index is 5.77. The zero-order valence-electron chi connectivity index (χ0n) is 11.5. The van der Waals surface area contributed by atoms with Gasteiger partial charge in [0.15, 0.2) is 0 Å². The van der Waals surface area contributed by atoms with E-state index in [1.54, 1.807) is 0 Å². The van der Waals surface area contributed by atoms with Gasteiger partial charge in [0.25, 0.3) is 0 Å². The Morgan fingerprint density at radius 3 is 2.38 bits per heavy atom. The van der Waals surface area contributed by atoms with Crippen LogP contribution in [-0.2, 0) is 0 Å². The zero-order chi connectivity index (χ0) is 12.0. The van der Waals surface area contributed by atoms with Gasteiger partial charge in [0, 0.05) is 6.54 Å². The molecule has 0 aromatic rings. The predicted octanol–water partition coefficient (Wildman–Crippen LogP) is 2.87. The summed E-state index contributed by atoms with van der Waals surface area (Å²) in [5.41, 5.74) is 6.03. The number of hydrogen-bond donors (Lipinski definition) is 1. The second-order valence-electron chi connectivity index (χ2n) is 6.40. The van der Waals surface area contributed by atoms with E-state index in [0.29, 0.717) is 0 Å². The highest BCUT2D eigenvalue weighted by Gasteiger charge is 2.19. The van der Waals surface area contributed by atoms with Crippen molar-refractivity contribution in [1.29, 1.82) is 0 Å². The molecule has 96 valence electrons. The van der Waals surface area contributed by atoms with E-state index in [-0.39, 0.29) is 5.41 Å². The second-order valence-corrected chi connectivity index (χ2v) is 6.40. The molecule has 1 aliphatic carbocycles. The van der Waals surface area contributed by atoms with Gasteiger partial charge in [-0.05, 0) is 37.9 Å². The maximum absolute atomic E-state index is 5.77. The van der Waals surface area contributed by atoms with Crippen LogP contribution in [0.15, 0.2) is 0 Å². The van der Waals surface area contributed by atoms with Crippen LogP contribution in [0.2, 0.25) is 0 Å². The summed E-state index contributed by atoms with van der Waals surface area (Å²) in [6.07, 6.45) is 8.71. The minimum Gasteiger partial charge on any atom is -0.330 e. The van der Waals surface area contributed by atoms with Crippen LogP contribution in [0, 0.1) is 11.3 Å². The summed E-state index contributed by atoms with van der Waals surface area (Å²) in [6, 6.07) is 0. The molecule has 0 radical (unpaired) electrons. The van der Waals surface area contributed by atoms with Crippen molar-refractivity contribution in [2.24, 2.45) is 17.1 Å². The van der Waals surface area contributed by atoms with Gasteiger partial charge in [-0.25, -0.2) is 0 Å². The van der Waals surface area contributed by atoms with Crippen LogP contribution in [-0.4, -0.2) is 31.6 Å². The SMILES string of the molecule is CN(CCC1CCCCC1)CC(C)(C)CN. The molecule has 2 N–H and O–H groups in total. The predicted molar refractivity (Wildman–Crippen MR) is 71.5 cm³/mol. The summed E-state index contributed by atoms with van der Waals surface area (Å²) in [5.74, 6) is 0.997. The van der Waals surface area contributed by atoms with Crippen molar-refractivity contribution in [3.8, 4) is 0 Å². The van der Waals surface area contributed by atoms with Gasteiger partial charge in [-0.2, -0.15) is 0 Å². The summed E-state index contributed by atoms with van der Waals surface area (Å²) in [7, 11) is 2.24. The fourth-order valence-electron chi connectivity index (χ4n) is 2.75. The summed E-state index contributed by atoms with van der Waals surface area (Å²) in [5, 5.41) is 0. The molecule has 1 rings (SSSR count). The van der Waals surface area contributed by atoms with Crippen LogP contribution in [0.5, 0.6) is 0 Å². The summed E-state index contributed by atoms with van der Waals surface area (Å²) < 4.78 is 0. The third-order valence-electron chi connectivity index (χ3n) is 3.89. The van der Waals surface area contributed by atoms with Crippen molar-refractivity contribution >= 4 is 0 Å². The zero-order valence-corrected chi connectivity index (χ0v) is 11.5. The van der Waals surface area contributed by atoms with Gasteiger partial charge in [-0.15, -0.1) is 0 Å². The Balaban J connectivity index is 2.16. The lowest BCUT2D eigenvalue weighted by Gasteiger charge is -2.30. The second kappa shape index (κ2) is 6.61. The van der Waals surface area contributed by atoms with Crippen molar-refractivity contribution < 1.29 is 0 Å². The minimum atomic E-state index is 0.265. The highest BCUT2D eigenvalue weighted by Crippen LogP contribution is 2.26. The average Bonchev–Trinajstić information content (AvgIpc) is 2.27. The first-order chi connectivity index (χ1) is 7.53. The lowest BCUT2D eigenvalue weighted by atomic mass is 9.86. The van der Waals surface area contributed by atoms with E-state index < -0.39 is 0 Å². The van der Waals surface area contributed by atoms with Gasteiger partial charge < -0.3 is 10.6 Å². The molecule has 1 saturated carbocycles. The van der Waals surface area contributed by atoms with E-state index in [1.807, 2.05) is 0 Å². The molecule has 0 heterocycles. The van der Waals surface area contributed by atoms with Crippen LogP contribution < -0.4 is 5.73 Å². The van der Waals surface area contributed by atoms with Gasteiger partial charge in [0.1, 0.15) is 0 Å². The van der Waals surface area contributed by atoms with Gasteiger partial charge in [-0.3, -0.25) is 0 Å². The van der Waals surface area contributed by atoms with Crippen LogP contribution in [0.3, 0.4) is 0 Å². The van der Waals surface area contributed by atoms with Crippen LogP contribution in [0.25, 0.3) is 0 Å². The molecule has 1 aliphatic rings. The first kappa shape index (κ1) is 14.0. The normalized spacial score (nSPS) is 19.3. The largest absolute Gasteiger partial charge is 0.330 e. The fourth-order valence-corrected chi connectivity index (χ4v) is 2.75. The highest BCUT2D eigenvalue weighted by atomic mass is 15.1. The van der Waals surface area contributed by atoms with Crippen LogP contribution in [0.4, 0.5) is 0 Å². The van der Waals surface area contributed by atoms with Gasteiger partial charge in [0.2, 0.25) is 0 Å². The highest BCUT2D eigenvalue weighted by molar-refractivity contribution is 4.74. The van der Waals surface area contributed by atoms with Crippen molar-refractivity contribution in [3.63, 3.8) is 0 Å². The monoisotopic (exact) mass is 226 g/mol. The lowest BCUT2D eigenvalue weighted by molar-refractivity contribution is 0.196. The molecule has 0 amide bonds. The Bertz CT molecular complexity index is 183. The first-order valence-electron chi connectivity index (χ1n) is 6.92. The molecule has 0 aromatic heterocycles. The van der Waals surface area contributed by atoms with Crippen molar-refractivity contribution in [3.05, 3.63) is 0 Å². The number of nitrogens with zero attached hydrogens (tertiary/aromatic N) is 1. The van der Waals surface area contributed by atoms with E-state index in [2.05, 4.69) is 25.8 Å².